The van der Waals surface area contributed by atoms with Crippen LogP contribution in [0.25, 0.3) is 0 Å². The maximum absolute atomic E-state index is 13.7. The van der Waals surface area contributed by atoms with Crippen LogP contribution in [-0.2, 0) is 24.2 Å². The summed E-state index contributed by atoms with van der Waals surface area (Å²) < 4.78 is 6.10. The van der Waals surface area contributed by atoms with Gasteiger partial charge in [0.2, 0.25) is 0 Å². The van der Waals surface area contributed by atoms with Crippen LogP contribution >= 0.6 is 0 Å². The van der Waals surface area contributed by atoms with Crippen LogP contribution in [0.3, 0.4) is 0 Å². The third-order valence-electron chi connectivity index (χ3n) is 6.49. The molecule has 1 atom stereocenters. The number of carboxylic acids is 1. The van der Waals surface area contributed by atoms with Gasteiger partial charge in [0, 0.05) is 12.0 Å². The Morgan fingerprint density at radius 3 is 2.22 bits per heavy atom. The summed E-state index contributed by atoms with van der Waals surface area (Å²) in [6.45, 7) is 10.9. The number of rotatable bonds is 12. The van der Waals surface area contributed by atoms with Gasteiger partial charge in [-0.05, 0) is 73.4 Å². The fourth-order valence-corrected chi connectivity index (χ4v) is 4.72. The van der Waals surface area contributed by atoms with Gasteiger partial charge >= 0.3 is 5.97 Å². The van der Waals surface area contributed by atoms with Crippen LogP contribution in [0.1, 0.15) is 83.4 Å². The molecule has 3 aromatic rings. The maximum Gasteiger partial charge on any atom is 0.303 e. The zero-order valence-electron chi connectivity index (χ0n) is 22.6. The van der Waals surface area contributed by atoms with E-state index >= 15 is 0 Å². The molecule has 0 saturated heterocycles. The number of benzene rings is 3. The minimum atomic E-state index is -0.893. The number of nitrogens with one attached hydrogen (secondary N) is 1. The molecule has 5 nitrogen and oxygen atoms in total. The quantitative estimate of drug-likeness (QED) is 0.281. The van der Waals surface area contributed by atoms with E-state index in [1.165, 1.54) is 5.56 Å². The summed E-state index contributed by atoms with van der Waals surface area (Å²) in [7, 11) is 0. The van der Waals surface area contributed by atoms with Gasteiger partial charge in [0.05, 0.1) is 6.04 Å². The van der Waals surface area contributed by atoms with Gasteiger partial charge in [-0.25, -0.2) is 0 Å². The van der Waals surface area contributed by atoms with E-state index in [2.05, 4.69) is 64.2 Å². The lowest BCUT2D eigenvalue weighted by atomic mass is 9.93. The van der Waals surface area contributed by atoms with E-state index in [4.69, 9.17) is 4.74 Å². The smallest absolute Gasteiger partial charge is 0.303 e. The molecule has 0 aliphatic carbocycles. The molecule has 0 aliphatic rings. The van der Waals surface area contributed by atoms with Crippen LogP contribution in [0.2, 0.25) is 0 Å². The second-order valence-electron chi connectivity index (χ2n) is 10.2. The van der Waals surface area contributed by atoms with Gasteiger partial charge in [-0.1, -0.05) is 80.4 Å². The summed E-state index contributed by atoms with van der Waals surface area (Å²) in [6.07, 6.45) is 1.94. The number of amides is 1. The Balaban J connectivity index is 1.89. The molecule has 2 N–H and O–H groups in total. The normalized spacial score (nSPS) is 11.8. The molecule has 37 heavy (non-hydrogen) atoms. The average molecular weight is 502 g/mol. The monoisotopic (exact) mass is 501 g/mol. The van der Waals surface area contributed by atoms with Gasteiger partial charge in [-0.3, -0.25) is 9.59 Å². The topological polar surface area (TPSA) is 75.6 Å². The highest BCUT2D eigenvalue weighted by Crippen LogP contribution is 2.26. The fourth-order valence-electron chi connectivity index (χ4n) is 4.72. The maximum atomic E-state index is 13.7. The van der Waals surface area contributed by atoms with Crippen molar-refractivity contribution in [3.8, 4) is 5.75 Å². The molecule has 0 radical (unpaired) electrons. The number of carbonyl (C=O) groups excluding carboxylic acids is 1. The van der Waals surface area contributed by atoms with E-state index in [1.54, 1.807) is 6.07 Å². The highest BCUT2D eigenvalue weighted by Gasteiger charge is 2.21. The first-order valence-electron chi connectivity index (χ1n) is 13.1. The number of aryl methyl sites for hydroxylation is 4. The standard InChI is InChI=1S/C32H39NO4/c1-6-24-9-7-8-10-26(24)20-37-28-13-11-25(12-14-31(34)35)29(19-28)32(36)33-30(15-21(2)3)27-17-22(4)16-23(5)18-27/h7-11,13,16-19,21,30H,6,12,14-15,20H2,1-5H3,(H,33,36)(H,34,35). The Bertz CT molecular complexity index is 1210. The summed E-state index contributed by atoms with van der Waals surface area (Å²) in [5.74, 6) is -0.145. The van der Waals surface area contributed by atoms with Crippen molar-refractivity contribution in [3.05, 3.63) is 99.6 Å². The summed E-state index contributed by atoms with van der Waals surface area (Å²) >= 11 is 0. The van der Waals surface area contributed by atoms with E-state index in [9.17, 15) is 14.7 Å². The number of hydrogen-bond acceptors (Lipinski definition) is 3. The molecule has 3 rings (SSSR count). The minimum Gasteiger partial charge on any atom is -0.489 e. The molecular formula is C32H39NO4. The van der Waals surface area contributed by atoms with Crippen LogP contribution in [0.4, 0.5) is 0 Å². The van der Waals surface area contributed by atoms with Crippen LogP contribution in [0, 0.1) is 19.8 Å². The first kappa shape index (κ1) is 28.0. The van der Waals surface area contributed by atoms with Gasteiger partial charge in [0.15, 0.2) is 0 Å². The van der Waals surface area contributed by atoms with Crippen molar-refractivity contribution in [1.29, 1.82) is 0 Å². The van der Waals surface area contributed by atoms with Crippen molar-refractivity contribution < 1.29 is 19.4 Å². The first-order valence-corrected chi connectivity index (χ1v) is 13.1. The highest BCUT2D eigenvalue weighted by atomic mass is 16.5. The third-order valence-corrected chi connectivity index (χ3v) is 6.49. The SMILES string of the molecule is CCc1ccccc1COc1ccc(CCC(=O)O)c(C(=O)NC(CC(C)C)c2cc(C)cc(C)c2)c1. The van der Waals surface area contributed by atoms with Gasteiger partial charge < -0.3 is 15.2 Å². The molecule has 3 aromatic carbocycles. The van der Waals surface area contributed by atoms with E-state index < -0.39 is 5.97 Å². The first-order chi connectivity index (χ1) is 17.7. The van der Waals surface area contributed by atoms with Crippen LogP contribution < -0.4 is 10.1 Å². The third kappa shape index (κ3) is 8.21. The van der Waals surface area contributed by atoms with Crippen LogP contribution in [0.15, 0.2) is 60.7 Å². The molecule has 0 saturated carbocycles. The summed E-state index contributed by atoms with van der Waals surface area (Å²) in [6, 6.07) is 19.7. The molecule has 0 bridgehead atoms. The summed E-state index contributed by atoms with van der Waals surface area (Å²) in [4.78, 5) is 24.9. The Morgan fingerprint density at radius 1 is 0.919 bits per heavy atom. The molecule has 0 heterocycles. The number of ether oxygens (including phenoxy) is 1. The van der Waals surface area contributed by atoms with Crippen molar-refractivity contribution in [2.45, 2.75) is 73.0 Å². The fraction of sp³-hybridized carbons (Fsp3) is 0.375. The van der Waals surface area contributed by atoms with Crippen LogP contribution in [-0.4, -0.2) is 17.0 Å². The van der Waals surface area contributed by atoms with Crippen molar-refractivity contribution in [3.63, 3.8) is 0 Å². The van der Waals surface area contributed by atoms with Gasteiger partial charge in [0.25, 0.3) is 5.91 Å². The van der Waals surface area contributed by atoms with Crippen molar-refractivity contribution >= 4 is 11.9 Å². The van der Waals surface area contributed by atoms with E-state index in [0.29, 0.717) is 29.4 Å². The zero-order valence-corrected chi connectivity index (χ0v) is 22.6. The van der Waals surface area contributed by atoms with E-state index in [0.717, 1.165) is 35.1 Å². The lowest BCUT2D eigenvalue weighted by Gasteiger charge is -2.23. The number of aliphatic carboxylic acids is 1. The van der Waals surface area contributed by atoms with Gasteiger partial charge in [0.1, 0.15) is 12.4 Å². The lowest BCUT2D eigenvalue weighted by Crippen LogP contribution is -2.30. The summed E-state index contributed by atoms with van der Waals surface area (Å²) in [5, 5.41) is 12.5. The second kappa shape index (κ2) is 13.1. The molecule has 0 spiro atoms. The molecule has 0 fully saturated rings. The largest absolute Gasteiger partial charge is 0.489 e. The van der Waals surface area contributed by atoms with E-state index in [-0.39, 0.29) is 24.8 Å². The minimum absolute atomic E-state index is 0.0448. The lowest BCUT2D eigenvalue weighted by molar-refractivity contribution is -0.136. The molecule has 0 aromatic heterocycles. The Hall–Kier alpha value is -3.60. The molecule has 1 unspecified atom stereocenters. The average Bonchev–Trinajstić information content (AvgIpc) is 2.85. The molecule has 196 valence electrons. The van der Waals surface area contributed by atoms with E-state index in [1.807, 2.05) is 30.3 Å². The van der Waals surface area contributed by atoms with Crippen molar-refractivity contribution in [2.24, 2.45) is 5.92 Å². The van der Waals surface area contributed by atoms with Crippen molar-refractivity contribution in [1.82, 2.24) is 5.32 Å². The Kier molecular flexibility index (Phi) is 9.90. The second-order valence-corrected chi connectivity index (χ2v) is 10.2. The molecule has 0 aliphatic heterocycles. The molecular weight excluding hydrogens is 462 g/mol. The Morgan fingerprint density at radius 2 is 1.59 bits per heavy atom. The predicted octanol–water partition coefficient (Wildman–Crippen LogP) is 6.98. The van der Waals surface area contributed by atoms with Crippen molar-refractivity contribution in [2.75, 3.05) is 0 Å². The van der Waals surface area contributed by atoms with Gasteiger partial charge in [-0.15, -0.1) is 0 Å². The predicted molar refractivity (Wildman–Crippen MR) is 148 cm³/mol. The number of carbonyl (C=O) groups is 2. The van der Waals surface area contributed by atoms with Gasteiger partial charge in [-0.2, -0.15) is 0 Å². The number of hydrogen-bond donors (Lipinski definition) is 2. The number of carboxylic acid groups (broad SMARTS) is 1. The molecule has 5 heteroatoms. The zero-order chi connectivity index (χ0) is 26.9. The molecule has 1 amide bonds. The van der Waals surface area contributed by atoms with Crippen LogP contribution in [0.5, 0.6) is 5.75 Å². The highest BCUT2D eigenvalue weighted by molar-refractivity contribution is 5.96. The Labute approximate surface area is 220 Å². The summed E-state index contributed by atoms with van der Waals surface area (Å²) in [5.41, 5.74) is 6.88.